The molecule has 0 radical (unpaired) electrons. The molecule has 2 nitrogen and oxygen atoms in total. The summed E-state index contributed by atoms with van der Waals surface area (Å²) in [5.41, 5.74) is 3.73. The fourth-order valence-corrected chi connectivity index (χ4v) is 2.81. The number of benzene rings is 2. The van der Waals surface area contributed by atoms with Gasteiger partial charge in [-0.15, -0.1) is 0 Å². The third-order valence-corrected chi connectivity index (χ3v) is 4.07. The molecule has 0 spiro atoms. The van der Waals surface area contributed by atoms with E-state index in [2.05, 4.69) is 24.3 Å². The Kier molecular flexibility index (Phi) is 3.75. The molecule has 104 valence electrons. The van der Waals surface area contributed by atoms with E-state index < -0.39 is 6.10 Å². The minimum Gasteiger partial charge on any atom is -0.493 e. The van der Waals surface area contributed by atoms with Crippen molar-refractivity contribution >= 4 is 0 Å². The van der Waals surface area contributed by atoms with E-state index in [1.54, 1.807) is 0 Å². The van der Waals surface area contributed by atoms with Crippen LogP contribution in [0.1, 0.15) is 42.1 Å². The number of fused-ring (bicyclic) bond motifs is 1. The first-order valence-corrected chi connectivity index (χ1v) is 7.27. The van der Waals surface area contributed by atoms with Crippen LogP contribution in [0.25, 0.3) is 0 Å². The lowest BCUT2D eigenvalue weighted by Crippen LogP contribution is -2.23. The number of hydrogen-bond acceptors (Lipinski definition) is 2. The van der Waals surface area contributed by atoms with E-state index in [1.807, 2.05) is 31.2 Å². The Bertz CT molecular complexity index is 591. The van der Waals surface area contributed by atoms with Crippen molar-refractivity contribution in [2.75, 3.05) is 6.61 Å². The molecule has 0 heterocycles. The number of hydrogen-bond donors (Lipinski definition) is 1. The zero-order valence-corrected chi connectivity index (χ0v) is 11.8. The lowest BCUT2D eigenvalue weighted by atomic mass is 9.78. The zero-order chi connectivity index (χ0) is 13.9. The number of aliphatic hydroxyl groups excluding tert-OH is 1. The molecule has 1 aliphatic rings. The molecule has 2 atom stereocenters. The summed E-state index contributed by atoms with van der Waals surface area (Å²) in [6.45, 7) is 2.66. The van der Waals surface area contributed by atoms with Crippen molar-refractivity contribution in [3.63, 3.8) is 0 Å². The van der Waals surface area contributed by atoms with E-state index in [-0.39, 0.29) is 0 Å². The van der Waals surface area contributed by atoms with Crippen LogP contribution in [-0.4, -0.2) is 11.7 Å². The van der Waals surface area contributed by atoms with Gasteiger partial charge in [-0.2, -0.15) is 0 Å². The number of aliphatic hydroxyl groups is 1. The van der Waals surface area contributed by atoms with Crippen LogP contribution in [0.5, 0.6) is 5.75 Å². The molecule has 0 amide bonds. The van der Waals surface area contributed by atoms with Crippen LogP contribution < -0.4 is 4.74 Å². The SMILES string of the molecule is CC[C@@H](O)c1ccccc1OCC1Cc2ccccc21. The molecule has 0 aromatic heterocycles. The largest absolute Gasteiger partial charge is 0.493 e. The molecule has 2 aromatic rings. The van der Waals surface area contributed by atoms with Gasteiger partial charge in [0.25, 0.3) is 0 Å². The van der Waals surface area contributed by atoms with Crippen LogP contribution in [0.15, 0.2) is 48.5 Å². The van der Waals surface area contributed by atoms with E-state index in [0.717, 1.165) is 17.7 Å². The summed E-state index contributed by atoms with van der Waals surface area (Å²) < 4.78 is 5.96. The summed E-state index contributed by atoms with van der Waals surface area (Å²) in [5.74, 6) is 1.30. The third kappa shape index (κ3) is 2.44. The number of ether oxygens (including phenoxy) is 1. The molecule has 0 saturated carbocycles. The van der Waals surface area contributed by atoms with Crippen molar-refractivity contribution in [1.82, 2.24) is 0 Å². The van der Waals surface area contributed by atoms with Crippen LogP contribution in [0.3, 0.4) is 0 Å². The van der Waals surface area contributed by atoms with Crippen molar-refractivity contribution in [2.24, 2.45) is 0 Å². The summed E-state index contributed by atoms with van der Waals surface area (Å²) in [5, 5.41) is 10.0. The summed E-state index contributed by atoms with van der Waals surface area (Å²) in [6.07, 6.45) is 1.35. The third-order valence-electron chi connectivity index (χ3n) is 4.07. The van der Waals surface area contributed by atoms with Crippen molar-refractivity contribution in [3.05, 3.63) is 65.2 Å². The highest BCUT2D eigenvalue weighted by Gasteiger charge is 2.26. The Morgan fingerprint density at radius 2 is 1.90 bits per heavy atom. The molecule has 0 aliphatic heterocycles. The second-order valence-electron chi connectivity index (χ2n) is 5.37. The van der Waals surface area contributed by atoms with E-state index in [9.17, 15) is 5.11 Å². The van der Waals surface area contributed by atoms with Gasteiger partial charge in [-0.1, -0.05) is 49.4 Å². The van der Waals surface area contributed by atoms with Crippen molar-refractivity contribution in [1.29, 1.82) is 0 Å². The predicted octanol–water partition coefficient (Wildman–Crippen LogP) is 3.85. The fourth-order valence-electron chi connectivity index (χ4n) is 2.81. The summed E-state index contributed by atoms with van der Waals surface area (Å²) in [6, 6.07) is 16.3. The van der Waals surface area contributed by atoms with Gasteiger partial charge in [-0.3, -0.25) is 0 Å². The lowest BCUT2D eigenvalue weighted by molar-refractivity contribution is 0.165. The van der Waals surface area contributed by atoms with Gasteiger partial charge in [-0.05, 0) is 30.0 Å². The molecule has 3 rings (SSSR count). The lowest BCUT2D eigenvalue weighted by Gasteiger charge is -2.30. The minimum atomic E-state index is -0.445. The highest BCUT2D eigenvalue weighted by molar-refractivity contribution is 5.40. The smallest absolute Gasteiger partial charge is 0.125 e. The minimum absolute atomic E-state index is 0.445. The van der Waals surface area contributed by atoms with Crippen LogP contribution in [0.2, 0.25) is 0 Å². The van der Waals surface area contributed by atoms with Gasteiger partial charge in [0.2, 0.25) is 0 Å². The van der Waals surface area contributed by atoms with E-state index in [1.165, 1.54) is 11.1 Å². The summed E-state index contributed by atoms with van der Waals surface area (Å²) in [7, 11) is 0. The highest BCUT2D eigenvalue weighted by Crippen LogP contribution is 2.36. The number of para-hydroxylation sites is 1. The Morgan fingerprint density at radius 3 is 2.70 bits per heavy atom. The Balaban J connectivity index is 1.68. The normalized spacial score (nSPS) is 18.0. The van der Waals surface area contributed by atoms with Gasteiger partial charge in [0, 0.05) is 11.5 Å². The monoisotopic (exact) mass is 268 g/mol. The van der Waals surface area contributed by atoms with Gasteiger partial charge in [0.1, 0.15) is 5.75 Å². The van der Waals surface area contributed by atoms with Crippen molar-refractivity contribution < 1.29 is 9.84 Å². The topological polar surface area (TPSA) is 29.5 Å². The van der Waals surface area contributed by atoms with Gasteiger partial charge >= 0.3 is 0 Å². The quantitative estimate of drug-likeness (QED) is 0.892. The first-order chi connectivity index (χ1) is 9.79. The highest BCUT2D eigenvalue weighted by atomic mass is 16.5. The maximum Gasteiger partial charge on any atom is 0.125 e. The Hall–Kier alpha value is -1.80. The molecular weight excluding hydrogens is 248 g/mol. The first kappa shape index (κ1) is 13.2. The molecule has 2 aromatic carbocycles. The molecule has 0 saturated heterocycles. The Labute approximate surface area is 120 Å². The van der Waals surface area contributed by atoms with Crippen molar-refractivity contribution in [3.8, 4) is 5.75 Å². The van der Waals surface area contributed by atoms with Crippen LogP contribution >= 0.6 is 0 Å². The van der Waals surface area contributed by atoms with Crippen LogP contribution in [0.4, 0.5) is 0 Å². The van der Waals surface area contributed by atoms with Gasteiger partial charge in [0.05, 0.1) is 12.7 Å². The standard InChI is InChI=1S/C18H20O2/c1-2-17(19)16-9-5-6-10-18(16)20-12-14-11-13-7-3-4-8-15(13)14/h3-10,14,17,19H,2,11-12H2,1H3/t14?,17-/m1/s1. The zero-order valence-electron chi connectivity index (χ0n) is 11.8. The molecule has 1 N–H and O–H groups in total. The van der Waals surface area contributed by atoms with Crippen LogP contribution in [-0.2, 0) is 6.42 Å². The summed E-state index contributed by atoms with van der Waals surface area (Å²) >= 11 is 0. The Morgan fingerprint density at radius 1 is 1.15 bits per heavy atom. The van der Waals surface area contributed by atoms with Gasteiger partial charge in [0.15, 0.2) is 0 Å². The number of rotatable bonds is 5. The molecule has 1 unspecified atom stereocenters. The van der Waals surface area contributed by atoms with E-state index in [4.69, 9.17) is 4.74 Å². The average molecular weight is 268 g/mol. The maximum atomic E-state index is 10.0. The molecular formula is C18H20O2. The fraction of sp³-hybridized carbons (Fsp3) is 0.333. The molecule has 0 fully saturated rings. The second kappa shape index (κ2) is 5.68. The van der Waals surface area contributed by atoms with Crippen molar-refractivity contribution in [2.45, 2.75) is 31.8 Å². The summed E-state index contributed by atoms with van der Waals surface area (Å²) in [4.78, 5) is 0. The molecule has 1 aliphatic carbocycles. The van der Waals surface area contributed by atoms with Gasteiger partial charge in [-0.25, -0.2) is 0 Å². The maximum absolute atomic E-state index is 10.0. The average Bonchev–Trinajstić information content (AvgIpc) is 2.48. The van der Waals surface area contributed by atoms with E-state index in [0.29, 0.717) is 18.9 Å². The molecule has 20 heavy (non-hydrogen) atoms. The van der Waals surface area contributed by atoms with Gasteiger partial charge < -0.3 is 9.84 Å². The van der Waals surface area contributed by atoms with E-state index >= 15 is 0 Å². The molecule has 0 bridgehead atoms. The van der Waals surface area contributed by atoms with Crippen LogP contribution in [0, 0.1) is 0 Å². The first-order valence-electron chi connectivity index (χ1n) is 7.27. The molecule has 2 heteroatoms. The predicted molar refractivity (Wildman–Crippen MR) is 80.1 cm³/mol. The second-order valence-corrected chi connectivity index (χ2v) is 5.37.